The van der Waals surface area contributed by atoms with Crippen molar-refractivity contribution in [2.45, 2.75) is 20.8 Å². The third kappa shape index (κ3) is 3.87. The molecule has 1 aromatic heterocycles. The molecule has 6 heteroatoms. The molecule has 0 aliphatic carbocycles. The van der Waals surface area contributed by atoms with Gasteiger partial charge in [0.05, 0.1) is 0 Å². The summed E-state index contributed by atoms with van der Waals surface area (Å²) in [6.07, 6.45) is -0.896. The van der Waals surface area contributed by atoms with Crippen LogP contribution < -0.4 is 4.90 Å². The van der Waals surface area contributed by atoms with Gasteiger partial charge >= 0.3 is 6.09 Å². The van der Waals surface area contributed by atoms with Crippen LogP contribution in [-0.4, -0.2) is 52.7 Å². The summed E-state index contributed by atoms with van der Waals surface area (Å²) >= 11 is 0. The minimum Gasteiger partial charge on any atom is -0.465 e. The average Bonchev–Trinajstić information content (AvgIpc) is 2.27. The molecule has 0 aliphatic rings. The quantitative estimate of drug-likeness (QED) is 0.860. The number of aromatic nitrogens is 2. The standard InChI is InChI=1S/C12H20N4O2/c1-5-16(12(17)18)7-6-15(4)11-13-9(2)8-10(3)14-11/h8H,5-7H2,1-4H3,(H,17,18). The molecule has 0 fully saturated rings. The van der Waals surface area contributed by atoms with E-state index < -0.39 is 6.09 Å². The van der Waals surface area contributed by atoms with E-state index in [2.05, 4.69) is 9.97 Å². The summed E-state index contributed by atoms with van der Waals surface area (Å²) < 4.78 is 0. The first-order valence-corrected chi connectivity index (χ1v) is 5.95. The predicted molar refractivity (Wildman–Crippen MR) is 70.0 cm³/mol. The predicted octanol–water partition coefficient (Wildman–Crippen LogP) is 1.53. The van der Waals surface area contributed by atoms with E-state index in [-0.39, 0.29) is 0 Å². The van der Waals surface area contributed by atoms with Crippen molar-refractivity contribution in [3.8, 4) is 0 Å². The Hall–Kier alpha value is -1.85. The van der Waals surface area contributed by atoms with Gasteiger partial charge < -0.3 is 14.9 Å². The number of likely N-dealkylation sites (N-methyl/N-ethyl adjacent to an activating group) is 2. The Morgan fingerprint density at radius 3 is 2.28 bits per heavy atom. The molecule has 0 saturated carbocycles. The van der Waals surface area contributed by atoms with E-state index in [1.54, 1.807) is 0 Å². The van der Waals surface area contributed by atoms with Gasteiger partial charge in [0.1, 0.15) is 0 Å². The van der Waals surface area contributed by atoms with Gasteiger partial charge in [-0.1, -0.05) is 0 Å². The smallest absolute Gasteiger partial charge is 0.407 e. The monoisotopic (exact) mass is 252 g/mol. The third-order valence-electron chi connectivity index (χ3n) is 2.67. The minimum atomic E-state index is -0.896. The van der Waals surface area contributed by atoms with Crippen molar-refractivity contribution in [3.63, 3.8) is 0 Å². The van der Waals surface area contributed by atoms with Crippen LogP contribution in [0.3, 0.4) is 0 Å². The van der Waals surface area contributed by atoms with E-state index in [9.17, 15) is 4.79 Å². The van der Waals surface area contributed by atoms with Gasteiger partial charge in [0.15, 0.2) is 0 Å². The lowest BCUT2D eigenvalue weighted by Crippen LogP contribution is -2.37. The van der Waals surface area contributed by atoms with Crippen LogP contribution in [0.1, 0.15) is 18.3 Å². The highest BCUT2D eigenvalue weighted by atomic mass is 16.4. The Balaban J connectivity index is 2.64. The zero-order valence-corrected chi connectivity index (χ0v) is 11.3. The number of rotatable bonds is 5. The van der Waals surface area contributed by atoms with Gasteiger partial charge in [-0.05, 0) is 26.8 Å². The second-order valence-corrected chi connectivity index (χ2v) is 4.23. The second kappa shape index (κ2) is 6.18. The summed E-state index contributed by atoms with van der Waals surface area (Å²) in [5.41, 5.74) is 1.82. The topological polar surface area (TPSA) is 69.6 Å². The molecule has 1 heterocycles. The highest BCUT2D eigenvalue weighted by molar-refractivity contribution is 5.64. The van der Waals surface area contributed by atoms with Crippen LogP contribution in [0, 0.1) is 13.8 Å². The van der Waals surface area contributed by atoms with Crippen LogP contribution in [0.2, 0.25) is 0 Å². The molecule has 0 unspecified atom stereocenters. The molecule has 1 aromatic rings. The van der Waals surface area contributed by atoms with Crippen LogP contribution >= 0.6 is 0 Å². The van der Waals surface area contributed by atoms with Crippen molar-refractivity contribution in [1.29, 1.82) is 0 Å². The van der Waals surface area contributed by atoms with Gasteiger partial charge in [-0.15, -0.1) is 0 Å². The van der Waals surface area contributed by atoms with E-state index in [0.29, 0.717) is 25.6 Å². The number of nitrogens with zero attached hydrogens (tertiary/aromatic N) is 4. The van der Waals surface area contributed by atoms with E-state index in [0.717, 1.165) is 11.4 Å². The number of anilines is 1. The van der Waals surface area contributed by atoms with Crippen LogP contribution in [-0.2, 0) is 0 Å². The number of amides is 1. The van der Waals surface area contributed by atoms with Crippen molar-refractivity contribution < 1.29 is 9.90 Å². The van der Waals surface area contributed by atoms with Crippen LogP contribution in [0.4, 0.5) is 10.7 Å². The van der Waals surface area contributed by atoms with Crippen molar-refractivity contribution in [3.05, 3.63) is 17.5 Å². The maximum absolute atomic E-state index is 10.9. The largest absolute Gasteiger partial charge is 0.465 e. The van der Waals surface area contributed by atoms with Gasteiger partial charge in [0.25, 0.3) is 0 Å². The molecular formula is C12H20N4O2. The first-order valence-electron chi connectivity index (χ1n) is 5.95. The van der Waals surface area contributed by atoms with Crippen LogP contribution in [0.15, 0.2) is 6.07 Å². The first kappa shape index (κ1) is 14.2. The molecule has 0 radical (unpaired) electrons. The lowest BCUT2D eigenvalue weighted by molar-refractivity contribution is 0.149. The Labute approximate surface area is 107 Å². The highest BCUT2D eigenvalue weighted by Crippen LogP contribution is 2.08. The minimum absolute atomic E-state index is 0.443. The molecule has 0 saturated heterocycles. The number of carboxylic acid groups (broad SMARTS) is 1. The molecule has 100 valence electrons. The summed E-state index contributed by atoms with van der Waals surface area (Å²) in [6, 6.07) is 1.91. The SMILES string of the molecule is CCN(CCN(C)c1nc(C)cc(C)n1)C(=O)O. The summed E-state index contributed by atoms with van der Waals surface area (Å²) in [5, 5.41) is 8.92. The second-order valence-electron chi connectivity index (χ2n) is 4.23. The average molecular weight is 252 g/mol. The Kier molecular flexibility index (Phi) is 4.88. The normalized spacial score (nSPS) is 10.2. The van der Waals surface area contributed by atoms with Crippen molar-refractivity contribution >= 4 is 12.0 Å². The Bertz CT molecular complexity index is 402. The van der Waals surface area contributed by atoms with Gasteiger partial charge in [0, 0.05) is 38.1 Å². The van der Waals surface area contributed by atoms with E-state index >= 15 is 0 Å². The molecule has 0 atom stereocenters. The molecule has 0 aromatic carbocycles. The zero-order valence-electron chi connectivity index (χ0n) is 11.3. The van der Waals surface area contributed by atoms with E-state index in [1.165, 1.54) is 4.90 Å². The number of carbonyl (C=O) groups is 1. The Morgan fingerprint density at radius 2 is 1.83 bits per heavy atom. The van der Waals surface area contributed by atoms with Crippen LogP contribution in [0.25, 0.3) is 0 Å². The molecule has 1 rings (SSSR count). The van der Waals surface area contributed by atoms with E-state index in [1.807, 2.05) is 38.8 Å². The van der Waals surface area contributed by atoms with Crippen molar-refractivity contribution in [2.75, 3.05) is 31.6 Å². The van der Waals surface area contributed by atoms with Gasteiger partial charge in [0.2, 0.25) is 5.95 Å². The van der Waals surface area contributed by atoms with Gasteiger partial charge in [-0.2, -0.15) is 0 Å². The Morgan fingerprint density at radius 1 is 1.28 bits per heavy atom. The summed E-state index contributed by atoms with van der Waals surface area (Å²) in [5.74, 6) is 0.633. The van der Waals surface area contributed by atoms with Gasteiger partial charge in [-0.3, -0.25) is 0 Å². The summed E-state index contributed by atoms with van der Waals surface area (Å²) in [7, 11) is 1.86. The lowest BCUT2D eigenvalue weighted by Gasteiger charge is -2.22. The fourth-order valence-corrected chi connectivity index (χ4v) is 1.64. The molecule has 18 heavy (non-hydrogen) atoms. The maximum Gasteiger partial charge on any atom is 0.407 e. The fourth-order valence-electron chi connectivity index (χ4n) is 1.64. The molecular weight excluding hydrogens is 232 g/mol. The molecule has 1 amide bonds. The summed E-state index contributed by atoms with van der Waals surface area (Å²) in [6.45, 7) is 7.16. The molecule has 0 spiro atoms. The molecule has 0 bridgehead atoms. The van der Waals surface area contributed by atoms with Gasteiger partial charge in [-0.25, -0.2) is 14.8 Å². The number of hydrogen-bond donors (Lipinski definition) is 1. The van der Waals surface area contributed by atoms with E-state index in [4.69, 9.17) is 5.11 Å². The first-order chi connectivity index (χ1) is 8.43. The number of aryl methyl sites for hydroxylation is 2. The summed E-state index contributed by atoms with van der Waals surface area (Å²) in [4.78, 5) is 22.8. The number of hydrogen-bond acceptors (Lipinski definition) is 4. The zero-order chi connectivity index (χ0) is 13.7. The lowest BCUT2D eigenvalue weighted by atomic mass is 10.3. The molecule has 6 nitrogen and oxygen atoms in total. The molecule has 1 N–H and O–H groups in total. The van der Waals surface area contributed by atoms with Crippen molar-refractivity contribution in [1.82, 2.24) is 14.9 Å². The van der Waals surface area contributed by atoms with Crippen LogP contribution in [0.5, 0.6) is 0 Å². The van der Waals surface area contributed by atoms with Crippen molar-refractivity contribution in [2.24, 2.45) is 0 Å². The maximum atomic E-state index is 10.9. The fraction of sp³-hybridized carbons (Fsp3) is 0.583. The highest BCUT2D eigenvalue weighted by Gasteiger charge is 2.11. The molecule has 0 aliphatic heterocycles. The third-order valence-corrected chi connectivity index (χ3v) is 2.67.